The molecule has 0 spiro atoms. The smallest absolute Gasteiger partial charge is 0.335 e. The van der Waals surface area contributed by atoms with E-state index in [0.29, 0.717) is 0 Å². The second kappa shape index (κ2) is 49.4. The summed E-state index contributed by atoms with van der Waals surface area (Å²) in [7, 11) is 0. The van der Waals surface area contributed by atoms with E-state index in [1.54, 1.807) is 0 Å². The predicted octanol–water partition coefficient (Wildman–Crippen LogP) is 18.1. The number of carbonyl (C=O) groups is 2. The lowest BCUT2D eigenvalue weighted by molar-refractivity contribution is -0.166. The zero-order chi connectivity index (χ0) is 44.5. The first-order chi connectivity index (χ1) is 30.0. The summed E-state index contributed by atoms with van der Waals surface area (Å²) >= 11 is 0. The molecular formula is C56H106O5. The average Bonchev–Trinajstić information content (AvgIpc) is 3.25. The van der Waals surface area contributed by atoms with Gasteiger partial charge in [-0.1, -0.05) is 219 Å². The number of esters is 2. The summed E-state index contributed by atoms with van der Waals surface area (Å²) in [6, 6.07) is 0. The molecule has 0 aliphatic carbocycles. The van der Waals surface area contributed by atoms with Gasteiger partial charge in [-0.3, -0.25) is 4.79 Å². The number of unbranched alkanes of at least 4 members (excludes halogenated alkanes) is 32. The van der Waals surface area contributed by atoms with Crippen LogP contribution in [0, 0.1) is 0 Å². The quantitative estimate of drug-likeness (QED) is 0.0375. The number of aliphatic hydroxyl groups is 1. The molecule has 0 rings (SSSR count). The van der Waals surface area contributed by atoms with Gasteiger partial charge in [-0.2, -0.15) is 0 Å². The normalized spacial score (nSPS) is 13.3. The first-order valence-corrected chi connectivity index (χ1v) is 27.4. The molecule has 0 aromatic heterocycles. The molecule has 0 aromatic carbocycles. The molecule has 0 saturated heterocycles. The van der Waals surface area contributed by atoms with Gasteiger partial charge in [0.2, 0.25) is 0 Å². The van der Waals surface area contributed by atoms with E-state index in [2.05, 4.69) is 52.0 Å². The van der Waals surface area contributed by atoms with Crippen LogP contribution in [0.2, 0.25) is 0 Å². The molecular weight excluding hydrogens is 753 g/mol. The molecule has 61 heavy (non-hydrogen) atoms. The fourth-order valence-corrected chi connectivity index (χ4v) is 8.43. The summed E-state index contributed by atoms with van der Waals surface area (Å²) in [4.78, 5) is 26.3. The van der Waals surface area contributed by atoms with Crippen molar-refractivity contribution in [2.45, 2.75) is 322 Å². The number of ether oxygens (including phenoxy) is 2. The van der Waals surface area contributed by atoms with Crippen molar-refractivity contribution in [2.75, 3.05) is 0 Å². The van der Waals surface area contributed by atoms with Crippen LogP contribution in [0.25, 0.3) is 0 Å². The largest absolute Gasteiger partial charge is 0.462 e. The molecule has 3 atom stereocenters. The maximum atomic E-state index is 13.1. The van der Waals surface area contributed by atoms with Crippen LogP contribution in [0.1, 0.15) is 304 Å². The Morgan fingerprint density at radius 1 is 0.361 bits per heavy atom. The highest BCUT2D eigenvalue weighted by Gasteiger charge is 2.26. The number of aliphatic hydroxyl groups excluding tert-OH is 1. The van der Waals surface area contributed by atoms with Crippen molar-refractivity contribution in [3.8, 4) is 0 Å². The first kappa shape index (κ1) is 59.4. The Hall–Kier alpha value is -1.62. The van der Waals surface area contributed by atoms with Gasteiger partial charge in [-0.15, -0.1) is 0 Å². The molecule has 0 aromatic rings. The van der Waals surface area contributed by atoms with E-state index >= 15 is 0 Å². The Morgan fingerprint density at radius 2 is 0.607 bits per heavy atom. The second-order valence-corrected chi connectivity index (χ2v) is 18.7. The zero-order valence-corrected chi connectivity index (χ0v) is 41.5. The van der Waals surface area contributed by atoms with Crippen molar-refractivity contribution in [3.05, 3.63) is 24.3 Å². The van der Waals surface area contributed by atoms with E-state index in [1.807, 2.05) is 0 Å². The lowest BCUT2D eigenvalue weighted by Crippen LogP contribution is -2.31. The lowest BCUT2D eigenvalue weighted by Gasteiger charge is -2.21. The van der Waals surface area contributed by atoms with Gasteiger partial charge in [0.25, 0.3) is 0 Å². The van der Waals surface area contributed by atoms with Gasteiger partial charge in [0.05, 0.1) is 6.42 Å². The molecule has 360 valence electrons. The number of carbonyl (C=O) groups excluding carboxylic acids is 2. The minimum Gasteiger partial charge on any atom is -0.462 e. The molecule has 0 aliphatic rings. The number of hydrogen-bond donors (Lipinski definition) is 1. The van der Waals surface area contributed by atoms with Gasteiger partial charge < -0.3 is 14.6 Å². The van der Waals surface area contributed by atoms with Gasteiger partial charge in [0.1, 0.15) is 12.2 Å². The molecule has 0 aliphatic heterocycles. The third kappa shape index (κ3) is 44.8. The number of allylic oxidation sites excluding steroid dienone is 4. The van der Waals surface area contributed by atoms with Gasteiger partial charge >= 0.3 is 11.9 Å². The predicted molar refractivity (Wildman–Crippen MR) is 265 cm³/mol. The number of rotatable bonds is 49. The van der Waals surface area contributed by atoms with Crippen LogP contribution in [0.15, 0.2) is 24.3 Å². The zero-order valence-electron chi connectivity index (χ0n) is 41.5. The van der Waals surface area contributed by atoms with Crippen molar-refractivity contribution < 1.29 is 24.2 Å². The van der Waals surface area contributed by atoms with Crippen LogP contribution in [-0.4, -0.2) is 35.4 Å². The molecule has 1 N–H and O–H groups in total. The molecule has 0 bridgehead atoms. The summed E-state index contributed by atoms with van der Waals surface area (Å²) in [6.07, 6.45) is 57.9. The minimum absolute atomic E-state index is 0.145. The van der Waals surface area contributed by atoms with E-state index < -0.39 is 18.0 Å². The molecule has 0 saturated carbocycles. The first-order valence-electron chi connectivity index (χ1n) is 27.4. The molecule has 0 radical (unpaired) electrons. The van der Waals surface area contributed by atoms with Gasteiger partial charge in [-0.05, 0) is 103 Å². The molecule has 3 unspecified atom stereocenters. The van der Waals surface area contributed by atoms with Crippen LogP contribution in [0.5, 0.6) is 0 Å². The topological polar surface area (TPSA) is 72.8 Å². The van der Waals surface area contributed by atoms with Crippen molar-refractivity contribution in [1.82, 2.24) is 0 Å². The van der Waals surface area contributed by atoms with Crippen LogP contribution in [0.4, 0.5) is 0 Å². The molecule has 5 nitrogen and oxygen atoms in total. The molecule has 5 heteroatoms. The van der Waals surface area contributed by atoms with Gasteiger partial charge in [0, 0.05) is 0 Å². The Bertz CT molecular complexity index is 959. The van der Waals surface area contributed by atoms with E-state index in [1.165, 1.54) is 193 Å². The highest BCUT2D eigenvalue weighted by Crippen LogP contribution is 2.21. The van der Waals surface area contributed by atoms with Crippen molar-refractivity contribution in [1.29, 1.82) is 0 Å². The van der Waals surface area contributed by atoms with Crippen molar-refractivity contribution >= 4 is 11.9 Å². The summed E-state index contributed by atoms with van der Waals surface area (Å²) in [5.74, 6) is -1.14. The third-order valence-electron chi connectivity index (χ3n) is 12.5. The van der Waals surface area contributed by atoms with E-state index in [4.69, 9.17) is 9.47 Å². The monoisotopic (exact) mass is 859 g/mol. The second-order valence-electron chi connectivity index (χ2n) is 18.7. The molecule has 0 amide bonds. The summed E-state index contributed by atoms with van der Waals surface area (Å²) < 4.78 is 11.9. The van der Waals surface area contributed by atoms with Crippen LogP contribution in [-0.2, 0) is 19.1 Å². The van der Waals surface area contributed by atoms with E-state index in [0.717, 1.165) is 77.0 Å². The highest BCUT2D eigenvalue weighted by molar-refractivity contribution is 5.81. The molecule has 0 heterocycles. The SMILES string of the molecule is CCCCCCCC/C=C\CCCCCCCC(CCCCCCCC)OC(=O)CC(O)C(=O)OC(CCCCCCCC)CCCCCCC/C=C\CCCCCCCC. The fraction of sp³-hybridized carbons (Fsp3) is 0.893. The Morgan fingerprint density at radius 3 is 0.902 bits per heavy atom. The van der Waals surface area contributed by atoms with E-state index in [9.17, 15) is 14.7 Å². The van der Waals surface area contributed by atoms with Crippen LogP contribution >= 0.6 is 0 Å². The summed E-state index contributed by atoms with van der Waals surface area (Å²) in [6.45, 7) is 9.02. The average molecular weight is 859 g/mol. The van der Waals surface area contributed by atoms with E-state index in [-0.39, 0.29) is 18.6 Å². The van der Waals surface area contributed by atoms with Gasteiger partial charge in [0.15, 0.2) is 6.10 Å². The highest BCUT2D eigenvalue weighted by atomic mass is 16.6. The van der Waals surface area contributed by atoms with Crippen molar-refractivity contribution in [2.24, 2.45) is 0 Å². The molecule has 0 fully saturated rings. The fourth-order valence-electron chi connectivity index (χ4n) is 8.43. The Kier molecular flexibility index (Phi) is 48.1. The van der Waals surface area contributed by atoms with Crippen LogP contribution < -0.4 is 0 Å². The Balaban J connectivity index is 4.71. The maximum absolute atomic E-state index is 13.1. The minimum atomic E-state index is -1.47. The summed E-state index contributed by atoms with van der Waals surface area (Å²) in [5.41, 5.74) is 0. The van der Waals surface area contributed by atoms with Crippen molar-refractivity contribution in [3.63, 3.8) is 0 Å². The lowest BCUT2D eigenvalue weighted by atomic mass is 10.0. The van der Waals surface area contributed by atoms with Crippen LogP contribution in [0.3, 0.4) is 0 Å². The standard InChI is InChI=1S/C56H106O5/c1-5-9-13-17-21-23-25-27-29-31-33-35-37-41-44-48-52(47-43-39-19-15-11-7-3)60-55(58)51-54(57)56(59)61-53(49-45-40-20-16-12-8-4)50-46-42-38-36-34-32-30-28-26-24-22-18-14-10-6-2/h27-30,52-54,57H,5-26,31-51H2,1-4H3/b29-27-,30-28-. The number of hydrogen-bond acceptors (Lipinski definition) is 5. The third-order valence-corrected chi connectivity index (χ3v) is 12.5. The summed E-state index contributed by atoms with van der Waals surface area (Å²) in [5, 5.41) is 10.9. The van der Waals surface area contributed by atoms with Gasteiger partial charge in [-0.25, -0.2) is 4.79 Å². The Labute approximate surface area is 381 Å². The maximum Gasteiger partial charge on any atom is 0.335 e.